The van der Waals surface area contributed by atoms with Crippen molar-refractivity contribution in [3.05, 3.63) is 11.2 Å². The molecular formula is C9H15ClN4O. The van der Waals surface area contributed by atoms with Gasteiger partial charge in [-0.3, -0.25) is 0 Å². The smallest absolute Gasteiger partial charge is 0.224 e. The normalized spacial score (nSPS) is 10.1. The van der Waals surface area contributed by atoms with Gasteiger partial charge >= 0.3 is 0 Å². The molecular weight excluding hydrogens is 216 g/mol. The fourth-order valence-corrected chi connectivity index (χ4v) is 1.21. The molecule has 0 fully saturated rings. The number of halogens is 1. The molecule has 1 heterocycles. The van der Waals surface area contributed by atoms with Crippen LogP contribution in [0.1, 0.15) is 12.8 Å². The predicted molar refractivity (Wildman–Crippen MR) is 61.4 cm³/mol. The summed E-state index contributed by atoms with van der Waals surface area (Å²) in [5.41, 5.74) is 0. The highest BCUT2D eigenvalue weighted by Gasteiger charge is 2.03. The molecule has 0 aliphatic heterocycles. The van der Waals surface area contributed by atoms with Crippen molar-refractivity contribution in [2.75, 3.05) is 30.8 Å². The summed E-state index contributed by atoms with van der Waals surface area (Å²) >= 11 is 5.90. The Balaban J connectivity index is 2.51. The number of aromatic nitrogens is 2. The fourth-order valence-electron chi connectivity index (χ4n) is 1.06. The highest BCUT2D eigenvalue weighted by atomic mass is 35.5. The number of nitrogens with one attached hydrogen (secondary N) is 2. The van der Waals surface area contributed by atoms with E-state index in [-0.39, 0.29) is 6.61 Å². The second kappa shape index (κ2) is 6.42. The lowest BCUT2D eigenvalue weighted by Crippen LogP contribution is -2.06. The average Bonchev–Trinajstić information content (AvgIpc) is 2.26. The van der Waals surface area contributed by atoms with Crippen molar-refractivity contribution in [2.45, 2.75) is 12.8 Å². The van der Waals surface area contributed by atoms with E-state index >= 15 is 0 Å². The molecule has 0 aliphatic rings. The molecule has 1 aromatic rings. The van der Waals surface area contributed by atoms with E-state index in [1.165, 1.54) is 0 Å². The molecule has 0 aromatic carbocycles. The Morgan fingerprint density at radius 3 is 2.93 bits per heavy atom. The summed E-state index contributed by atoms with van der Waals surface area (Å²) in [7, 11) is 1.75. The lowest BCUT2D eigenvalue weighted by atomic mass is 10.3. The Hall–Kier alpha value is -1.07. The third-order valence-corrected chi connectivity index (χ3v) is 2.12. The summed E-state index contributed by atoms with van der Waals surface area (Å²) in [6.07, 6.45) is 3.20. The Morgan fingerprint density at radius 2 is 2.27 bits per heavy atom. The molecule has 0 radical (unpaired) electrons. The van der Waals surface area contributed by atoms with Gasteiger partial charge in [0.15, 0.2) is 0 Å². The maximum Gasteiger partial charge on any atom is 0.224 e. The second-order valence-electron chi connectivity index (χ2n) is 3.00. The first-order valence-corrected chi connectivity index (χ1v) is 5.20. The maximum absolute atomic E-state index is 8.61. The van der Waals surface area contributed by atoms with E-state index in [2.05, 4.69) is 20.6 Å². The fraction of sp³-hybridized carbons (Fsp3) is 0.556. The Kier molecular flexibility index (Phi) is 5.14. The molecule has 6 heteroatoms. The van der Waals surface area contributed by atoms with Crippen LogP contribution in [0.3, 0.4) is 0 Å². The standard InChI is InChI=1S/C9H15ClN4O/c1-11-9-13-6-7(10)8(14-9)12-4-2-3-5-15/h6,15H,2-5H2,1H3,(H2,11,12,13,14). The van der Waals surface area contributed by atoms with Crippen LogP contribution in [0.25, 0.3) is 0 Å². The molecule has 0 unspecified atom stereocenters. The number of hydrogen-bond donors (Lipinski definition) is 3. The van der Waals surface area contributed by atoms with Gasteiger partial charge in [-0.1, -0.05) is 11.6 Å². The van der Waals surface area contributed by atoms with Crippen LogP contribution in [0, 0.1) is 0 Å². The molecule has 0 amide bonds. The molecule has 15 heavy (non-hydrogen) atoms. The van der Waals surface area contributed by atoms with E-state index in [0.717, 1.165) is 19.4 Å². The van der Waals surface area contributed by atoms with Crippen molar-refractivity contribution < 1.29 is 5.11 Å². The van der Waals surface area contributed by atoms with E-state index in [0.29, 0.717) is 16.8 Å². The molecule has 5 nitrogen and oxygen atoms in total. The summed E-state index contributed by atoms with van der Waals surface area (Å²) in [4.78, 5) is 8.13. The van der Waals surface area contributed by atoms with Gasteiger partial charge in [-0.05, 0) is 12.8 Å². The van der Waals surface area contributed by atoms with Gasteiger partial charge < -0.3 is 15.7 Å². The molecule has 0 aliphatic carbocycles. The second-order valence-corrected chi connectivity index (χ2v) is 3.40. The molecule has 0 saturated heterocycles. The highest BCUT2D eigenvalue weighted by molar-refractivity contribution is 6.32. The topological polar surface area (TPSA) is 70.1 Å². The van der Waals surface area contributed by atoms with Crippen LogP contribution in [-0.2, 0) is 0 Å². The van der Waals surface area contributed by atoms with Gasteiger partial charge in [0.05, 0.1) is 6.20 Å². The Bertz CT molecular complexity index is 308. The van der Waals surface area contributed by atoms with E-state index < -0.39 is 0 Å². The summed E-state index contributed by atoms with van der Waals surface area (Å²) in [6, 6.07) is 0. The molecule has 0 bridgehead atoms. The van der Waals surface area contributed by atoms with Crippen LogP contribution in [0.5, 0.6) is 0 Å². The van der Waals surface area contributed by atoms with Crippen LogP contribution in [-0.4, -0.2) is 35.3 Å². The minimum Gasteiger partial charge on any atom is -0.396 e. The van der Waals surface area contributed by atoms with Crippen molar-refractivity contribution in [1.29, 1.82) is 0 Å². The van der Waals surface area contributed by atoms with Crippen LogP contribution >= 0.6 is 11.6 Å². The average molecular weight is 231 g/mol. The summed E-state index contributed by atoms with van der Waals surface area (Å²) in [5, 5.41) is 15.0. The summed E-state index contributed by atoms with van der Waals surface area (Å²) in [6.45, 7) is 0.946. The van der Waals surface area contributed by atoms with E-state index in [9.17, 15) is 0 Å². The first-order chi connectivity index (χ1) is 7.27. The summed E-state index contributed by atoms with van der Waals surface area (Å²) in [5.74, 6) is 1.15. The highest BCUT2D eigenvalue weighted by Crippen LogP contribution is 2.18. The molecule has 0 spiro atoms. The number of anilines is 2. The lowest BCUT2D eigenvalue weighted by molar-refractivity contribution is 0.286. The Morgan fingerprint density at radius 1 is 1.47 bits per heavy atom. The largest absolute Gasteiger partial charge is 0.396 e. The Labute approximate surface area is 93.9 Å². The molecule has 1 aromatic heterocycles. The van der Waals surface area contributed by atoms with Crippen LogP contribution in [0.2, 0.25) is 5.02 Å². The first-order valence-electron chi connectivity index (χ1n) is 4.83. The molecule has 84 valence electrons. The van der Waals surface area contributed by atoms with Crippen molar-refractivity contribution in [3.8, 4) is 0 Å². The van der Waals surface area contributed by atoms with Gasteiger partial charge in [0.2, 0.25) is 5.95 Å². The van der Waals surface area contributed by atoms with Gasteiger partial charge in [-0.2, -0.15) is 4.98 Å². The van der Waals surface area contributed by atoms with Gasteiger partial charge in [0.25, 0.3) is 0 Å². The van der Waals surface area contributed by atoms with Crippen molar-refractivity contribution in [3.63, 3.8) is 0 Å². The van der Waals surface area contributed by atoms with Crippen LogP contribution in [0.4, 0.5) is 11.8 Å². The molecule has 0 atom stereocenters. The maximum atomic E-state index is 8.61. The minimum absolute atomic E-state index is 0.209. The zero-order valence-corrected chi connectivity index (χ0v) is 9.38. The number of hydrogen-bond acceptors (Lipinski definition) is 5. The zero-order valence-electron chi connectivity index (χ0n) is 8.63. The van der Waals surface area contributed by atoms with Gasteiger partial charge in [-0.15, -0.1) is 0 Å². The lowest BCUT2D eigenvalue weighted by Gasteiger charge is -2.07. The van der Waals surface area contributed by atoms with Crippen molar-refractivity contribution in [2.24, 2.45) is 0 Å². The molecule has 1 rings (SSSR count). The number of aliphatic hydroxyl groups is 1. The first kappa shape index (κ1) is 12.0. The molecule has 3 N–H and O–H groups in total. The third kappa shape index (κ3) is 3.89. The number of unbranched alkanes of at least 4 members (excludes halogenated alkanes) is 1. The summed E-state index contributed by atoms with van der Waals surface area (Å²) < 4.78 is 0. The number of aliphatic hydroxyl groups excluding tert-OH is 1. The van der Waals surface area contributed by atoms with Gasteiger partial charge in [0, 0.05) is 20.2 Å². The quantitative estimate of drug-likeness (QED) is 0.644. The number of rotatable bonds is 6. The van der Waals surface area contributed by atoms with Crippen molar-refractivity contribution >= 4 is 23.4 Å². The third-order valence-electron chi connectivity index (χ3n) is 1.85. The minimum atomic E-state index is 0.209. The van der Waals surface area contributed by atoms with E-state index in [4.69, 9.17) is 16.7 Å². The predicted octanol–water partition coefficient (Wildman–Crippen LogP) is 1.36. The van der Waals surface area contributed by atoms with E-state index in [1.807, 2.05) is 0 Å². The van der Waals surface area contributed by atoms with E-state index in [1.54, 1.807) is 13.2 Å². The van der Waals surface area contributed by atoms with Gasteiger partial charge in [-0.25, -0.2) is 4.98 Å². The zero-order chi connectivity index (χ0) is 11.1. The van der Waals surface area contributed by atoms with Gasteiger partial charge in [0.1, 0.15) is 10.8 Å². The van der Waals surface area contributed by atoms with Crippen molar-refractivity contribution in [1.82, 2.24) is 9.97 Å². The molecule has 0 saturated carbocycles. The number of nitrogens with zero attached hydrogens (tertiary/aromatic N) is 2. The SMILES string of the molecule is CNc1ncc(Cl)c(NCCCCO)n1. The van der Waals surface area contributed by atoms with Crippen LogP contribution < -0.4 is 10.6 Å². The van der Waals surface area contributed by atoms with Crippen LogP contribution in [0.15, 0.2) is 6.20 Å². The monoisotopic (exact) mass is 230 g/mol.